The van der Waals surface area contributed by atoms with Crippen LogP contribution in [0.3, 0.4) is 0 Å². The van der Waals surface area contributed by atoms with Crippen LogP contribution in [0, 0.1) is 11.7 Å². The summed E-state index contributed by atoms with van der Waals surface area (Å²) in [7, 11) is 0. The van der Waals surface area contributed by atoms with Gasteiger partial charge in [-0.25, -0.2) is 9.18 Å². The van der Waals surface area contributed by atoms with Gasteiger partial charge in [-0.2, -0.15) is 0 Å². The molecule has 0 radical (unpaired) electrons. The lowest BCUT2D eigenvalue weighted by Crippen LogP contribution is -2.51. The molecule has 1 aliphatic heterocycles. The van der Waals surface area contributed by atoms with E-state index in [4.69, 9.17) is 0 Å². The first-order chi connectivity index (χ1) is 18.4. The van der Waals surface area contributed by atoms with Gasteiger partial charge in [0.15, 0.2) is 5.78 Å². The molecule has 1 heterocycles. The van der Waals surface area contributed by atoms with Gasteiger partial charge in [0, 0.05) is 17.8 Å². The van der Waals surface area contributed by atoms with Crippen molar-refractivity contribution in [2.45, 2.75) is 44.8 Å². The van der Waals surface area contributed by atoms with Crippen LogP contribution in [0.1, 0.15) is 41.3 Å². The molecule has 0 aromatic heterocycles. The van der Waals surface area contributed by atoms with E-state index in [0.717, 1.165) is 43.5 Å². The molecule has 6 nitrogen and oxygen atoms in total. The van der Waals surface area contributed by atoms with Crippen LogP contribution < -0.4 is 10.6 Å². The average Bonchev–Trinajstić information content (AvgIpc) is 2.91. The van der Waals surface area contributed by atoms with Gasteiger partial charge in [0.1, 0.15) is 5.82 Å². The lowest BCUT2D eigenvalue weighted by atomic mass is 9.90. The minimum atomic E-state index is -0.766. The third-order valence-electron chi connectivity index (χ3n) is 7.20. The van der Waals surface area contributed by atoms with Crippen LogP contribution in [0.25, 0.3) is 0 Å². The number of β-amino-alcohol motifs (C(OH)–C–C–N with tert-alkyl or cyclic N) is 1. The Morgan fingerprint density at radius 1 is 0.974 bits per heavy atom. The Kier molecular flexibility index (Phi) is 9.62. The predicted octanol–water partition coefficient (Wildman–Crippen LogP) is 5.08. The van der Waals surface area contributed by atoms with E-state index in [-0.39, 0.29) is 11.6 Å². The minimum Gasteiger partial charge on any atom is -0.390 e. The van der Waals surface area contributed by atoms with E-state index in [1.165, 1.54) is 19.1 Å². The highest BCUT2D eigenvalue weighted by atomic mass is 19.1. The molecule has 3 aromatic carbocycles. The number of carbonyl (C=O) groups is 2. The van der Waals surface area contributed by atoms with Crippen molar-refractivity contribution in [3.05, 3.63) is 101 Å². The number of nitrogens with zero attached hydrogens (tertiary/aromatic N) is 1. The van der Waals surface area contributed by atoms with Crippen LogP contribution in [-0.2, 0) is 12.8 Å². The van der Waals surface area contributed by atoms with Crippen molar-refractivity contribution in [1.29, 1.82) is 0 Å². The number of aliphatic hydroxyl groups excluding tert-OH is 1. The van der Waals surface area contributed by atoms with Crippen molar-refractivity contribution in [2.75, 3.05) is 25.0 Å². The first kappa shape index (κ1) is 27.5. The molecule has 3 aromatic rings. The fourth-order valence-corrected chi connectivity index (χ4v) is 5.02. The lowest BCUT2D eigenvalue weighted by molar-refractivity contribution is 0.0659. The molecule has 38 heavy (non-hydrogen) atoms. The third-order valence-corrected chi connectivity index (χ3v) is 7.20. The number of carbonyl (C=O) groups excluding carboxylic acids is 2. The quantitative estimate of drug-likeness (QED) is 0.328. The monoisotopic (exact) mass is 517 g/mol. The second-order valence-corrected chi connectivity index (χ2v) is 10.2. The number of urea groups is 1. The molecule has 1 fully saturated rings. The molecule has 0 aliphatic carbocycles. The highest BCUT2D eigenvalue weighted by Gasteiger charge is 2.27. The van der Waals surface area contributed by atoms with Crippen LogP contribution in [0.5, 0.6) is 0 Å². The first-order valence-electron chi connectivity index (χ1n) is 13.2. The van der Waals surface area contributed by atoms with Crippen LogP contribution in [0.4, 0.5) is 14.9 Å². The molecule has 4 rings (SSSR count). The van der Waals surface area contributed by atoms with Crippen LogP contribution in [0.15, 0.2) is 78.9 Å². The van der Waals surface area contributed by atoms with E-state index < -0.39 is 18.2 Å². The number of ketones is 1. The number of hydrogen-bond acceptors (Lipinski definition) is 4. The molecular weight excluding hydrogens is 481 g/mol. The number of Topliss-reactive ketones (excluding diaryl/α,β-unsaturated/α-hetero) is 1. The van der Waals surface area contributed by atoms with Crippen molar-refractivity contribution in [3.63, 3.8) is 0 Å². The lowest BCUT2D eigenvalue weighted by Gasteiger charge is -2.35. The maximum absolute atomic E-state index is 13.2. The van der Waals surface area contributed by atoms with E-state index in [1.807, 2.05) is 42.5 Å². The number of amides is 2. The number of piperidine rings is 1. The molecule has 1 aliphatic rings. The molecule has 7 heteroatoms. The molecule has 3 N–H and O–H groups in total. The number of halogens is 1. The van der Waals surface area contributed by atoms with Gasteiger partial charge in [0.05, 0.1) is 12.1 Å². The van der Waals surface area contributed by atoms with Crippen molar-refractivity contribution >= 4 is 17.5 Å². The average molecular weight is 518 g/mol. The Morgan fingerprint density at radius 2 is 1.68 bits per heavy atom. The Bertz CT molecular complexity index is 1190. The van der Waals surface area contributed by atoms with Crippen LogP contribution in [0.2, 0.25) is 0 Å². The van der Waals surface area contributed by atoms with Crippen molar-refractivity contribution in [3.8, 4) is 0 Å². The molecule has 1 saturated heterocycles. The van der Waals surface area contributed by atoms with E-state index in [2.05, 4.69) is 15.5 Å². The number of rotatable bonds is 10. The number of hydrogen-bond donors (Lipinski definition) is 3. The van der Waals surface area contributed by atoms with Crippen molar-refractivity contribution in [1.82, 2.24) is 10.2 Å². The van der Waals surface area contributed by atoms with Crippen molar-refractivity contribution in [2.24, 2.45) is 5.92 Å². The molecule has 2 amide bonds. The molecule has 0 spiro atoms. The highest BCUT2D eigenvalue weighted by Crippen LogP contribution is 2.22. The fourth-order valence-electron chi connectivity index (χ4n) is 5.02. The zero-order valence-corrected chi connectivity index (χ0v) is 21.8. The number of nitrogens with one attached hydrogen (secondary N) is 2. The second kappa shape index (κ2) is 13.3. The summed E-state index contributed by atoms with van der Waals surface area (Å²) in [5.74, 6) is 0.242. The molecule has 0 saturated carbocycles. The topological polar surface area (TPSA) is 81.7 Å². The van der Waals surface area contributed by atoms with Gasteiger partial charge >= 0.3 is 6.03 Å². The van der Waals surface area contributed by atoms with Crippen LogP contribution >= 0.6 is 0 Å². The van der Waals surface area contributed by atoms with Gasteiger partial charge in [-0.1, -0.05) is 54.6 Å². The third kappa shape index (κ3) is 8.23. The van der Waals surface area contributed by atoms with E-state index >= 15 is 0 Å². The molecule has 2 atom stereocenters. The summed E-state index contributed by atoms with van der Waals surface area (Å²) in [6, 6.07) is 22.4. The summed E-state index contributed by atoms with van der Waals surface area (Å²) in [4.78, 5) is 26.8. The maximum atomic E-state index is 13.2. The van der Waals surface area contributed by atoms with Gasteiger partial charge in [0.25, 0.3) is 0 Å². The molecule has 0 unspecified atom stereocenters. The summed E-state index contributed by atoms with van der Waals surface area (Å²) >= 11 is 0. The van der Waals surface area contributed by atoms with Gasteiger partial charge in [-0.3, -0.25) is 4.79 Å². The zero-order chi connectivity index (χ0) is 26.9. The van der Waals surface area contributed by atoms with E-state index in [9.17, 15) is 19.1 Å². The number of aliphatic hydroxyl groups is 1. The Morgan fingerprint density at radius 3 is 2.37 bits per heavy atom. The first-order valence-corrected chi connectivity index (χ1v) is 13.2. The number of likely N-dealkylation sites (tertiary alicyclic amines) is 1. The van der Waals surface area contributed by atoms with Gasteiger partial charge < -0.3 is 20.6 Å². The summed E-state index contributed by atoms with van der Waals surface area (Å²) in [5, 5.41) is 17.0. The molecule has 0 bridgehead atoms. The zero-order valence-electron chi connectivity index (χ0n) is 21.8. The number of anilines is 1. The van der Waals surface area contributed by atoms with Gasteiger partial charge in [-0.05, 0) is 87.0 Å². The molecular formula is C31H36FN3O3. The molecule has 200 valence electrons. The fraction of sp³-hybridized carbons (Fsp3) is 0.355. The highest BCUT2D eigenvalue weighted by molar-refractivity contribution is 5.96. The maximum Gasteiger partial charge on any atom is 0.319 e. The van der Waals surface area contributed by atoms with Crippen molar-refractivity contribution < 1.29 is 19.1 Å². The number of benzene rings is 3. The van der Waals surface area contributed by atoms with Gasteiger partial charge in [0.2, 0.25) is 0 Å². The second-order valence-electron chi connectivity index (χ2n) is 10.2. The standard InChI is InChI=1S/C31H36FN3O3/c1-22(36)26-8-5-9-28(20-26)33-31(38)34-29(19-23-6-3-2-4-7-23)30(37)21-35-16-14-25(15-17-35)18-24-10-12-27(32)13-11-24/h2-13,20,25,29-30,37H,14-19,21H2,1H3,(H2,33,34,38)/t29-,30-/m0/s1. The van der Waals surface area contributed by atoms with Gasteiger partial charge in [-0.15, -0.1) is 0 Å². The smallest absolute Gasteiger partial charge is 0.319 e. The summed E-state index contributed by atoms with van der Waals surface area (Å²) in [6.07, 6.45) is 2.67. The summed E-state index contributed by atoms with van der Waals surface area (Å²) in [6.45, 7) is 3.67. The normalized spacial score (nSPS) is 16.0. The Hall–Kier alpha value is -3.55. The largest absolute Gasteiger partial charge is 0.390 e. The Labute approximate surface area is 223 Å². The minimum absolute atomic E-state index is 0.0760. The predicted molar refractivity (Wildman–Crippen MR) is 148 cm³/mol. The Balaban J connectivity index is 1.34. The van der Waals surface area contributed by atoms with E-state index in [1.54, 1.807) is 24.3 Å². The summed E-state index contributed by atoms with van der Waals surface area (Å²) < 4.78 is 13.2. The van der Waals surface area contributed by atoms with Crippen LogP contribution in [-0.4, -0.2) is 53.6 Å². The van der Waals surface area contributed by atoms with E-state index in [0.29, 0.717) is 30.1 Å². The summed E-state index contributed by atoms with van der Waals surface area (Å²) in [5.41, 5.74) is 3.21. The SMILES string of the molecule is CC(=O)c1cccc(NC(=O)N[C@@H](Cc2ccccc2)[C@@H](O)CN2CCC(Cc3ccc(F)cc3)CC2)c1.